The number of hydrogen-bond donors (Lipinski definition) is 1. The summed E-state index contributed by atoms with van der Waals surface area (Å²) in [6.45, 7) is 6.61. The predicted molar refractivity (Wildman–Crippen MR) is 104 cm³/mol. The maximum atomic E-state index is 12.7. The van der Waals surface area contributed by atoms with E-state index in [1.54, 1.807) is 0 Å². The maximum Gasteiger partial charge on any atom is 0.222 e. The number of amides is 1. The standard InChI is InChI=1S/C20H32N2O.ClH/c1-4-19(14-17-9-6-5-7-10-17)22(3)20(23)13-16(2)18-11-8-12-21-15-18;/h5-7,9-10,16,18-19,21H,4,8,11-15H2,1-3H3;1H. The smallest absolute Gasteiger partial charge is 0.222 e. The zero-order valence-corrected chi connectivity index (χ0v) is 16.1. The zero-order chi connectivity index (χ0) is 16.7. The summed E-state index contributed by atoms with van der Waals surface area (Å²) in [7, 11) is 1.98. The highest BCUT2D eigenvalue weighted by molar-refractivity contribution is 5.85. The summed E-state index contributed by atoms with van der Waals surface area (Å²) < 4.78 is 0. The van der Waals surface area contributed by atoms with Crippen molar-refractivity contribution in [3.05, 3.63) is 35.9 Å². The van der Waals surface area contributed by atoms with Crippen molar-refractivity contribution in [1.29, 1.82) is 0 Å². The minimum atomic E-state index is 0. The van der Waals surface area contributed by atoms with Gasteiger partial charge in [-0.15, -0.1) is 12.4 Å². The van der Waals surface area contributed by atoms with Gasteiger partial charge in [0, 0.05) is 19.5 Å². The van der Waals surface area contributed by atoms with Crippen molar-refractivity contribution in [3.8, 4) is 0 Å². The molecule has 0 saturated carbocycles. The molecule has 0 radical (unpaired) electrons. The van der Waals surface area contributed by atoms with E-state index >= 15 is 0 Å². The molecule has 3 nitrogen and oxygen atoms in total. The average Bonchev–Trinajstić information content (AvgIpc) is 2.60. The Balaban J connectivity index is 0.00000288. The van der Waals surface area contributed by atoms with Crippen molar-refractivity contribution in [2.24, 2.45) is 11.8 Å². The van der Waals surface area contributed by atoms with Crippen LogP contribution < -0.4 is 5.32 Å². The summed E-state index contributed by atoms with van der Waals surface area (Å²) in [5.41, 5.74) is 1.31. The molecule has 1 aliphatic rings. The molecule has 1 amide bonds. The van der Waals surface area contributed by atoms with Crippen LogP contribution in [0.2, 0.25) is 0 Å². The first kappa shape index (κ1) is 21.0. The van der Waals surface area contributed by atoms with Crippen LogP contribution in [0.25, 0.3) is 0 Å². The molecule has 1 aliphatic heterocycles. The van der Waals surface area contributed by atoms with Crippen molar-refractivity contribution < 1.29 is 4.79 Å². The van der Waals surface area contributed by atoms with Gasteiger partial charge in [-0.1, -0.05) is 44.2 Å². The summed E-state index contributed by atoms with van der Waals surface area (Å²) in [6.07, 6.45) is 5.11. The van der Waals surface area contributed by atoms with Crippen LogP contribution in [0.1, 0.15) is 45.1 Å². The molecule has 24 heavy (non-hydrogen) atoms. The van der Waals surface area contributed by atoms with Crippen molar-refractivity contribution in [3.63, 3.8) is 0 Å². The van der Waals surface area contributed by atoms with E-state index in [0.717, 1.165) is 25.9 Å². The van der Waals surface area contributed by atoms with Crippen LogP contribution in [0.3, 0.4) is 0 Å². The van der Waals surface area contributed by atoms with Gasteiger partial charge in [0.2, 0.25) is 5.91 Å². The van der Waals surface area contributed by atoms with Crippen LogP contribution in [0.15, 0.2) is 30.3 Å². The number of likely N-dealkylation sites (N-methyl/N-ethyl adjacent to an activating group) is 1. The minimum absolute atomic E-state index is 0. The Labute approximate surface area is 153 Å². The average molecular weight is 353 g/mol. The van der Waals surface area contributed by atoms with E-state index in [9.17, 15) is 4.79 Å². The Morgan fingerprint density at radius 2 is 2.04 bits per heavy atom. The summed E-state index contributed by atoms with van der Waals surface area (Å²) in [6, 6.07) is 10.8. The lowest BCUT2D eigenvalue weighted by atomic mass is 9.85. The Kier molecular flexibility index (Phi) is 9.38. The van der Waals surface area contributed by atoms with E-state index in [4.69, 9.17) is 0 Å². The number of hydrogen-bond acceptors (Lipinski definition) is 2. The molecule has 0 aromatic heterocycles. The Bertz CT molecular complexity index is 474. The quantitative estimate of drug-likeness (QED) is 0.806. The highest BCUT2D eigenvalue weighted by Crippen LogP contribution is 2.24. The second-order valence-electron chi connectivity index (χ2n) is 7.04. The third kappa shape index (κ3) is 6.10. The fourth-order valence-corrected chi connectivity index (χ4v) is 3.60. The molecule has 0 bridgehead atoms. The van der Waals surface area contributed by atoms with Gasteiger partial charge >= 0.3 is 0 Å². The van der Waals surface area contributed by atoms with Crippen LogP contribution in [-0.2, 0) is 11.2 Å². The second-order valence-corrected chi connectivity index (χ2v) is 7.04. The molecule has 3 unspecified atom stereocenters. The first-order valence-electron chi connectivity index (χ1n) is 9.12. The normalized spacial score (nSPS) is 19.9. The molecular formula is C20H33ClN2O. The van der Waals surface area contributed by atoms with Gasteiger partial charge in [0.15, 0.2) is 0 Å². The number of benzene rings is 1. The Morgan fingerprint density at radius 3 is 2.62 bits per heavy atom. The first-order valence-corrected chi connectivity index (χ1v) is 9.12. The minimum Gasteiger partial charge on any atom is -0.342 e. The Hall–Kier alpha value is -1.06. The van der Waals surface area contributed by atoms with Gasteiger partial charge in [-0.3, -0.25) is 4.79 Å². The molecule has 3 atom stereocenters. The van der Waals surface area contributed by atoms with Crippen molar-refractivity contribution in [2.45, 2.75) is 52.0 Å². The van der Waals surface area contributed by atoms with Gasteiger partial charge in [0.05, 0.1) is 0 Å². The van der Waals surface area contributed by atoms with Crippen molar-refractivity contribution in [1.82, 2.24) is 10.2 Å². The van der Waals surface area contributed by atoms with Crippen LogP contribution >= 0.6 is 12.4 Å². The number of halogens is 1. The highest BCUT2D eigenvalue weighted by Gasteiger charge is 2.25. The molecule has 1 N–H and O–H groups in total. The monoisotopic (exact) mass is 352 g/mol. The molecule has 1 saturated heterocycles. The zero-order valence-electron chi connectivity index (χ0n) is 15.3. The van der Waals surface area contributed by atoms with E-state index in [0.29, 0.717) is 30.2 Å². The molecule has 136 valence electrons. The van der Waals surface area contributed by atoms with Crippen LogP contribution in [0, 0.1) is 11.8 Å². The molecule has 2 rings (SSSR count). The van der Waals surface area contributed by atoms with Gasteiger partial charge in [-0.05, 0) is 56.2 Å². The van der Waals surface area contributed by atoms with E-state index in [2.05, 4.69) is 43.4 Å². The lowest BCUT2D eigenvalue weighted by Gasteiger charge is -2.32. The van der Waals surface area contributed by atoms with E-state index in [1.807, 2.05) is 18.0 Å². The van der Waals surface area contributed by atoms with Gasteiger partial charge in [-0.2, -0.15) is 0 Å². The molecule has 4 heteroatoms. The van der Waals surface area contributed by atoms with Gasteiger partial charge in [0.25, 0.3) is 0 Å². The predicted octanol–water partition coefficient (Wildman–Crippen LogP) is 3.91. The summed E-state index contributed by atoms with van der Waals surface area (Å²) in [5, 5.41) is 3.46. The van der Waals surface area contributed by atoms with E-state index in [1.165, 1.54) is 18.4 Å². The number of carbonyl (C=O) groups excluding carboxylic acids is 1. The molecule has 1 aromatic carbocycles. The number of nitrogens with zero attached hydrogens (tertiary/aromatic N) is 1. The van der Waals surface area contributed by atoms with Crippen LogP contribution in [0.5, 0.6) is 0 Å². The van der Waals surface area contributed by atoms with Crippen molar-refractivity contribution in [2.75, 3.05) is 20.1 Å². The van der Waals surface area contributed by atoms with E-state index in [-0.39, 0.29) is 12.4 Å². The van der Waals surface area contributed by atoms with Gasteiger partial charge in [0.1, 0.15) is 0 Å². The highest BCUT2D eigenvalue weighted by atomic mass is 35.5. The van der Waals surface area contributed by atoms with Crippen molar-refractivity contribution >= 4 is 18.3 Å². The lowest BCUT2D eigenvalue weighted by Crippen LogP contribution is -2.40. The third-order valence-corrected chi connectivity index (χ3v) is 5.36. The topological polar surface area (TPSA) is 32.3 Å². The molecule has 1 aromatic rings. The number of piperidine rings is 1. The van der Waals surface area contributed by atoms with E-state index < -0.39 is 0 Å². The molecule has 0 aliphatic carbocycles. The summed E-state index contributed by atoms with van der Waals surface area (Å²) in [4.78, 5) is 14.7. The third-order valence-electron chi connectivity index (χ3n) is 5.36. The second kappa shape index (κ2) is 10.7. The summed E-state index contributed by atoms with van der Waals surface area (Å²) >= 11 is 0. The molecule has 1 heterocycles. The fraction of sp³-hybridized carbons (Fsp3) is 0.650. The number of nitrogens with one attached hydrogen (secondary N) is 1. The Morgan fingerprint density at radius 1 is 1.33 bits per heavy atom. The molecule has 0 spiro atoms. The van der Waals surface area contributed by atoms with Crippen LogP contribution in [0.4, 0.5) is 0 Å². The first-order chi connectivity index (χ1) is 11.1. The van der Waals surface area contributed by atoms with Gasteiger partial charge in [-0.25, -0.2) is 0 Å². The van der Waals surface area contributed by atoms with Crippen LogP contribution in [-0.4, -0.2) is 37.0 Å². The molecular weight excluding hydrogens is 320 g/mol. The summed E-state index contributed by atoms with van der Waals surface area (Å²) in [5.74, 6) is 1.41. The van der Waals surface area contributed by atoms with Gasteiger partial charge < -0.3 is 10.2 Å². The SMILES string of the molecule is CCC(Cc1ccccc1)N(C)C(=O)CC(C)C1CCCNC1.Cl. The lowest BCUT2D eigenvalue weighted by molar-refractivity contribution is -0.133. The fourth-order valence-electron chi connectivity index (χ4n) is 3.60. The largest absolute Gasteiger partial charge is 0.342 e. The number of rotatable bonds is 7. The maximum absolute atomic E-state index is 12.7. The number of carbonyl (C=O) groups is 1. The molecule has 1 fully saturated rings.